The molecule has 14 heavy (non-hydrogen) atoms. The van der Waals surface area contributed by atoms with Gasteiger partial charge in [-0.05, 0) is 6.42 Å². The Kier molecular flexibility index (Phi) is 1.95. The number of anilines is 1. The number of aromatic nitrogens is 4. The first-order chi connectivity index (χ1) is 6.72. The third-order valence-corrected chi connectivity index (χ3v) is 1.87. The van der Waals surface area contributed by atoms with E-state index in [1.54, 1.807) is 10.9 Å². The normalized spacial score (nSPS) is 10.9. The Morgan fingerprint density at radius 1 is 1.71 bits per heavy atom. The molecule has 6 heteroatoms. The quantitative estimate of drug-likeness (QED) is 0.696. The lowest BCUT2D eigenvalue weighted by molar-refractivity contribution is 0.793. The molecule has 0 fully saturated rings. The molecule has 0 atom stereocenters. The molecule has 0 aliphatic rings. The predicted octanol–water partition coefficient (Wildman–Crippen LogP) is -0.0740. The predicted molar refractivity (Wildman–Crippen MR) is 52.5 cm³/mol. The summed E-state index contributed by atoms with van der Waals surface area (Å²) in [7, 11) is 0. The van der Waals surface area contributed by atoms with Crippen molar-refractivity contribution in [3.05, 3.63) is 23.1 Å². The highest BCUT2D eigenvalue weighted by atomic mass is 16.1. The van der Waals surface area contributed by atoms with Crippen LogP contribution >= 0.6 is 0 Å². The molecule has 0 aliphatic carbocycles. The number of rotatable bonds is 2. The van der Waals surface area contributed by atoms with E-state index in [-0.39, 0.29) is 11.5 Å². The molecule has 2 aromatic heterocycles. The van der Waals surface area contributed by atoms with E-state index in [1.807, 2.05) is 13.3 Å². The van der Waals surface area contributed by atoms with Gasteiger partial charge >= 0.3 is 0 Å². The summed E-state index contributed by atoms with van der Waals surface area (Å²) in [6.07, 6.45) is 3.52. The number of hydrogen-bond donors (Lipinski definition) is 2. The maximum atomic E-state index is 11.4. The molecule has 0 amide bonds. The number of imidazole rings is 1. The minimum absolute atomic E-state index is 0.111. The van der Waals surface area contributed by atoms with Crippen LogP contribution in [0.1, 0.15) is 6.92 Å². The zero-order valence-corrected chi connectivity index (χ0v) is 7.69. The van der Waals surface area contributed by atoms with Gasteiger partial charge in [-0.15, -0.1) is 0 Å². The summed E-state index contributed by atoms with van der Waals surface area (Å²) >= 11 is 0. The second-order valence-electron chi connectivity index (χ2n) is 2.93. The van der Waals surface area contributed by atoms with Crippen LogP contribution in [0.3, 0.4) is 0 Å². The maximum absolute atomic E-state index is 11.4. The fourth-order valence-corrected chi connectivity index (χ4v) is 1.30. The standard InChI is InChI=1S/C8H10N5O/c1-2-3-13-4-10-5-6(13)11-8(9)12-7(5)14/h2,4H,3H2,1H3,(H3,9,11,12,14). The van der Waals surface area contributed by atoms with Gasteiger partial charge < -0.3 is 10.3 Å². The van der Waals surface area contributed by atoms with Gasteiger partial charge in [0.1, 0.15) is 0 Å². The first kappa shape index (κ1) is 8.74. The van der Waals surface area contributed by atoms with Crippen LogP contribution in [-0.2, 0) is 6.54 Å². The van der Waals surface area contributed by atoms with E-state index in [2.05, 4.69) is 15.0 Å². The Morgan fingerprint density at radius 2 is 2.50 bits per heavy atom. The lowest BCUT2D eigenvalue weighted by atomic mass is 10.4. The van der Waals surface area contributed by atoms with Gasteiger partial charge in [0.05, 0.1) is 6.33 Å². The molecule has 0 saturated heterocycles. The molecule has 3 N–H and O–H groups in total. The zero-order chi connectivity index (χ0) is 10.1. The zero-order valence-electron chi connectivity index (χ0n) is 7.69. The van der Waals surface area contributed by atoms with E-state index in [4.69, 9.17) is 5.73 Å². The van der Waals surface area contributed by atoms with Crippen molar-refractivity contribution in [2.75, 3.05) is 5.73 Å². The molecule has 0 aliphatic heterocycles. The van der Waals surface area contributed by atoms with Crippen molar-refractivity contribution in [3.8, 4) is 0 Å². The molecular weight excluding hydrogens is 182 g/mol. The topological polar surface area (TPSA) is 89.6 Å². The molecule has 2 heterocycles. The Balaban J connectivity index is 2.72. The van der Waals surface area contributed by atoms with E-state index in [0.717, 1.165) is 0 Å². The molecule has 1 radical (unpaired) electrons. The Labute approximate surface area is 79.8 Å². The van der Waals surface area contributed by atoms with Crippen molar-refractivity contribution in [1.29, 1.82) is 0 Å². The van der Waals surface area contributed by atoms with Gasteiger partial charge in [-0.3, -0.25) is 9.78 Å². The highest BCUT2D eigenvalue weighted by molar-refractivity contribution is 5.70. The van der Waals surface area contributed by atoms with Gasteiger partial charge in [-0.2, -0.15) is 4.98 Å². The van der Waals surface area contributed by atoms with Gasteiger partial charge in [0.25, 0.3) is 5.56 Å². The van der Waals surface area contributed by atoms with Crippen molar-refractivity contribution in [3.63, 3.8) is 0 Å². The van der Waals surface area contributed by atoms with Crippen molar-refractivity contribution < 1.29 is 0 Å². The highest BCUT2D eigenvalue weighted by Gasteiger charge is 2.07. The van der Waals surface area contributed by atoms with Gasteiger partial charge in [0.2, 0.25) is 5.95 Å². The number of nitrogens with zero attached hydrogens (tertiary/aromatic N) is 3. The molecule has 0 unspecified atom stereocenters. The number of aromatic amines is 1. The molecule has 6 nitrogen and oxygen atoms in total. The average Bonchev–Trinajstić information content (AvgIpc) is 2.49. The van der Waals surface area contributed by atoms with E-state index in [1.165, 1.54) is 0 Å². The second kappa shape index (κ2) is 3.13. The van der Waals surface area contributed by atoms with Gasteiger partial charge in [-0.25, -0.2) is 4.98 Å². The Hall–Kier alpha value is -1.85. The summed E-state index contributed by atoms with van der Waals surface area (Å²) < 4.78 is 1.76. The first-order valence-electron chi connectivity index (χ1n) is 4.21. The Morgan fingerprint density at radius 3 is 3.21 bits per heavy atom. The van der Waals surface area contributed by atoms with Crippen LogP contribution in [-0.4, -0.2) is 19.5 Å². The fraction of sp³-hybridized carbons (Fsp3) is 0.250. The van der Waals surface area contributed by atoms with Crippen LogP contribution in [0.2, 0.25) is 0 Å². The van der Waals surface area contributed by atoms with Crippen molar-refractivity contribution in [2.24, 2.45) is 0 Å². The SMILES string of the molecule is C[CH]Cn1cnc2c(=O)[nH]c(N)nc21. The smallest absolute Gasteiger partial charge is 0.280 e. The van der Waals surface area contributed by atoms with Crippen LogP contribution < -0.4 is 11.3 Å². The molecular formula is C8H10N5O. The van der Waals surface area contributed by atoms with Crippen molar-refractivity contribution >= 4 is 17.1 Å². The van der Waals surface area contributed by atoms with E-state index >= 15 is 0 Å². The summed E-state index contributed by atoms with van der Waals surface area (Å²) in [5.41, 5.74) is 5.97. The van der Waals surface area contributed by atoms with E-state index < -0.39 is 0 Å². The minimum atomic E-state index is -0.303. The van der Waals surface area contributed by atoms with Crippen LogP contribution in [0, 0.1) is 6.42 Å². The lowest BCUT2D eigenvalue weighted by Gasteiger charge is -1.99. The fourth-order valence-electron chi connectivity index (χ4n) is 1.30. The summed E-state index contributed by atoms with van der Waals surface area (Å²) in [5, 5.41) is 0. The average molecular weight is 192 g/mol. The third-order valence-electron chi connectivity index (χ3n) is 1.87. The first-order valence-corrected chi connectivity index (χ1v) is 4.21. The van der Waals surface area contributed by atoms with Gasteiger partial charge in [0, 0.05) is 6.54 Å². The van der Waals surface area contributed by atoms with Crippen LogP contribution in [0.25, 0.3) is 11.2 Å². The number of nitrogens with two attached hydrogens (primary N) is 1. The van der Waals surface area contributed by atoms with Gasteiger partial charge in [-0.1, -0.05) is 6.92 Å². The van der Waals surface area contributed by atoms with Crippen LogP contribution in [0.4, 0.5) is 5.95 Å². The summed E-state index contributed by atoms with van der Waals surface area (Å²) in [5.74, 6) is 0.111. The maximum Gasteiger partial charge on any atom is 0.280 e. The number of H-pyrrole nitrogens is 1. The van der Waals surface area contributed by atoms with E-state index in [0.29, 0.717) is 17.7 Å². The molecule has 2 aromatic rings. The monoisotopic (exact) mass is 192 g/mol. The second-order valence-corrected chi connectivity index (χ2v) is 2.93. The summed E-state index contributed by atoms with van der Waals surface area (Å²) in [6, 6.07) is 0. The van der Waals surface area contributed by atoms with Crippen LogP contribution in [0.15, 0.2) is 11.1 Å². The summed E-state index contributed by atoms with van der Waals surface area (Å²) in [6.45, 7) is 2.58. The molecule has 73 valence electrons. The van der Waals surface area contributed by atoms with E-state index in [9.17, 15) is 4.79 Å². The minimum Gasteiger partial charge on any atom is -0.369 e. The lowest BCUT2D eigenvalue weighted by Crippen LogP contribution is -2.12. The molecule has 2 rings (SSSR count). The molecule has 0 saturated carbocycles. The van der Waals surface area contributed by atoms with Gasteiger partial charge in [0.15, 0.2) is 11.2 Å². The number of fused-ring (bicyclic) bond motifs is 1. The number of hydrogen-bond acceptors (Lipinski definition) is 4. The van der Waals surface area contributed by atoms with Crippen molar-refractivity contribution in [2.45, 2.75) is 13.5 Å². The third kappa shape index (κ3) is 1.24. The number of nitrogen functional groups attached to an aromatic ring is 1. The van der Waals surface area contributed by atoms with Crippen molar-refractivity contribution in [1.82, 2.24) is 19.5 Å². The molecule has 0 aromatic carbocycles. The largest absolute Gasteiger partial charge is 0.369 e. The molecule has 0 spiro atoms. The highest BCUT2D eigenvalue weighted by Crippen LogP contribution is 2.06. The molecule has 0 bridgehead atoms. The Bertz CT molecular complexity index is 512. The summed E-state index contributed by atoms with van der Waals surface area (Å²) in [4.78, 5) is 21.7. The van der Waals surface area contributed by atoms with Crippen LogP contribution in [0.5, 0.6) is 0 Å². The number of nitrogens with one attached hydrogen (secondary N) is 1.